The van der Waals surface area contributed by atoms with Crippen molar-refractivity contribution in [3.05, 3.63) is 59.9 Å². The molecule has 144 valence electrons. The van der Waals surface area contributed by atoms with E-state index in [1.165, 1.54) is 13.2 Å². The molecule has 4 nitrogen and oxygen atoms in total. The predicted molar refractivity (Wildman–Crippen MR) is 107 cm³/mol. The van der Waals surface area contributed by atoms with Gasteiger partial charge in [-0.1, -0.05) is 24.3 Å². The number of methoxy groups -OCH3 is 1. The number of piperidine rings is 1. The third kappa shape index (κ3) is 5.97. The SMILES string of the molecule is COc1ccc(CN2CCC(NC(=O)CSc3ccccc3)CC2)cc1F. The lowest BCUT2D eigenvalue weighted by molar-refractivity contribution is -0.119. The Kier molecular flexibility index (Phi) is 7.12. The monoisotopic (exact) mass is 388 g/mol. The number of thioether (sulfide) groups is 1. The van der Waals surface area contributed by atoms with Crippen LogP contribution in [0.5, 0.6) is 5.75 Å². The van der Waals surface area contributed by atoms with E-state index in [0.717, 1.165) is 36.4 Å². The number of likely N-dealkylation sites (tertiary alicyclic amines) is 1. The topological polar surface area (TPSA) is 41.6 Å². The fraction of sp³-hybridized carbons (Fsp3) is 0.381. The first-order valence-corrected chi connectivity index (χ1v) is 10.1. The lowest BCUT2D eigenvalue weighted by Gasteiger charge is -2.32. The Bertz CT molecular complexity index is 749. The van der Waals surface area contributed by atoms with Crippen molar-refractivity contribution in [1.82, 2.24) is 10.2 Å². The van der Waals surface area contributed by atoms with Crippen LogP contribution in [-0.4, -0.2) is 42.8 Å². The average molecular weight is 389 g/mol. The molecule has 1 aliphatic heterocycles. The number of hydrogen-bond donors (Lipinski definition) is 1. The zero-order valence-electron chi connectivity index (χ0n) is 15.5. The minimum atomic E-state index is -0.326. The zero-order valence-corrected chi connectivity index (χ0v) is 16.3. The summed E-state index contributed by atoms with van der Waals surface area (Å²) < 4.78 is 18.8. The van der Waals surface area contributed by atoms with Gasteiger partial charge in [-0.3, -0.25) is 9.69 Å². The number of nitrogens with zero attached hydrogens (tertiary/aromatic N) is 1. The van der Waals surface area contributed by atoms with Gasteiger partial charge in [0, 0.05) is 30.6 Å². The van der Waals surface area contributed by atoms with Crippen LogP contribution in [0.25, 0.3) is 0 Å². The van der Waals surface area contributed by atoms with Crippen molar-refractivity contribution in [1.29, 1.82) is 0 Å². The van der Waals surface area contributed by atoms with E-state index >= 15 is 0 Å². The molecule has 0 bridgehead atoms. The van der Waals surface area contributed by atoms with Crippen molar-refractivity contribution in [2.45, 2.75) is 30.3 Å². The second-order valence-corrected chi connectivity index (χ2v) is 7.74. The lowest BCUT2D eigenvalue weighted by Crippen LogP contribution is -2.44. The lowest BCUT2D eigenvalue weighted by atomic mass is 10.0. The molecule has 0 spiro atoms. The van der Waals surface area contributed by atoms with Crippen molar-refractivity contribution >= 4 is 17.7 Å². The Morgan fingerprint density at radius 2 is 1.96 bits per heavy atom. The molecule has 1 saturated heterocycles. The highest BCUT2D eigenvalue weighted by Gasteiger charge is 2.21. The molecular weight excluding hydrogens is 363 g/mol. The van der Waals surface area contributed by atoms with Crippen LogP contribution in [0.1, 0.15) is 18.4 Å². The second-order valence-electron chi connectivity index (χ2n) is 6.69. The molecule has 1 aliphatic rings. The van der Waals surface area contributed by atoms with Gasteiger partial charge in [-0.15, -0.1) is 11.8 Å². The van der Waals surface area contributed by atoms with Crippen molar-refractivity contribution < 1.29 is 13.9 Å². The van der Waals surface area contributed by atoms with Crippen LogP contribution in [0.2, 0.25) is 0 Å². The third-order valence-electron chi connectivity index (χ3n) is 4.69. The van der Waals surface area contributed by atoms with Gasteiger partial charge in [0.15, 0.2) is 11.6 Å². The fourth-order valence-corrected chi connectivity index (χ4v) is 3.97. The molecule has 1 N–H and O–H groups in total. The molecule has 0 atom stereocenters. The van der Waals surface area contributed by atoms with Gasteiger partial charge in [-0.2, -0.15) is 0 Å². The molecule has 0 unspecified atom stereocenters. The number of benzene rings is 2. The predicted octanol–water partition coefficient (Wildman–Crippen LogP) is 3.71. The van der Waals surface area contributed by atoms with E-state index in [2.05, 4.69) is 10.2 Å². The van der Waals surface area contributed by atoms with Gasteiger partial charge in [0.05, 0.1) is 12.9 Å². The fourth-order valence-electron chi connectivity index (χ4n) is 3.24. The number of amides is 1. The Morgan fingerprint density at radius 3 is 2.63 bits per heavy atom. The second kappa shape index (κ2) is 9.76. The highest BCUT2D eigenvalue weighted by molar-refractivity contribution is 8.00. The van der Waals surface area contributed by atoms with Gasteiger partial charge in [0.25, 0.3) is 0 Å². The van der Waals surface area contributed by atoms with Gasteiger partial charge >= 0.3 is 0 Å². The summed E-state index contributed by atoms with van der Waals surface area (Å²) in [6, 6.07) is 15.3. The summed E-state index contributed by atoms with van der Waals surface area (Å²) in [4.78, 5) is 15.6. The maximum absolute atomic E-state index is 13.8. The van der Waals surface area contributed by atoms with Gasteiger partial charge in [-0.05, 0) is 42.7 Å². The zero-order chi connectivity index (χ0) is 19.1. The summed E-state index contributed by atoms with van der Waals surface area (Å²) in [7, 11) is 1.47. The first kappa shape index (κ1) is 19.7. The average Bonchev–Trinajstić information content (AvgIpc) is 2.69. The van der Waals surface area contributed by atoms with Crippen molar-refractivity contribution in [3.8, 4) is 5.75 Å². The maximum atomic E-state index is 13.8. The maximum Gasteiger partial charge on any atom is 0.230 e. The Labute approximate surface area is 164 Å². The van der Waals surface area contributed by atoms with E-state index in [9.17, 15) is 9.18 Å². The van der Waals surface area contributed by atoms with Crippen LogP contribution in [0.15, 0.2) is 53.4 Å². The molecule has 2 aromatic carbocycles. The molecule has 0 aliphatic carbocycles. The number of carbonyl (C=O) groups is 1. The van der Waals surface area contributed by atoms with Gasteiger partial charge in [0.2, 0.25) is 5.91 Å². The van der Waals surface area contributed by atoms with E-state index < -0.39 is 0 Å². The van der Waals surface area contributed by atoms with Gasteiger partial charge in [0.1, 0.15) is 0 Å². The van der Waals surface area contributed by atoms with Crippen LogP contribution in [0.3, 0.4) is 0 Å². The normalized spacial score (nSPS) is 15.5. The Morgan fingerprint density at radius 1 is 1.22 bits per heavy atom. The van der Waals surface area contributed by atoms with Crippen LogP contribution in [0.4, 0.5) is 4.39 Å². The number of carbonyl (C=O) groups excluding carboxylic acids is 1. The molecule has 1 heterocycles. The van der Waals surface area contributed by atoms with Gasteiger partial charge < -0.3 is 10.1 Å². The van der Waals surface area contributed by atoms with Crippen molar-refractivity contribution in [2.75, 3.05) is 26.0 Å². The highest BCUT2D eigenvalue weighted by atomic mass is 32.2. The molecule has 1 fully saturated rings. The van der Waals surface area contributed by atoms with Crippen LogP contribution in [-0.2, 0) is 11.3 Å². The molecule has 27 heavy (non-hydrogen) atoms. The van der Waals surface area contributed by atoms with Crippen molar-refractivity contribution in [3.63, 3.8) is 0 Å². The summed E-state index contributed by atoms with van der Waals surface area (Å²) in [5.74, 6) is 0.469. The summed E-state index contributed by atoms with van der Waals surface area (Å²) in [5, 5.41) is 3.13. The Balaban J connectivity index is 1.39. The molecule has 2 aromatic rings. The summed E-state index contributed by atoms with van der Waals surface area (Å²) >= 11 is 1.56. The quantitative estimate of drug-likeness (QED) is 0.735. The third-order valence-corrected chi connectivity index (χ3v) is 5.70. The van der Waals surface area contributed by atoms with E-state index in [0.29, 0.717) is 12.3 Å². The Hall–Kier alpha value is -2.05. The largest absolute Gasteiger partial charge is 0.494 e. The summed E-state index contributed by atoms with van der Waals surface area (Å²) in [6.07, 6.45) is 1.83. The number of rotatable bonds is 7. The van der Waals surface area contributed by atoms with Gasteiger partial charge in [-0.25, -0.2) is 4.39 Å². The van der Waals surface area contributed by atoms with E-state index in [4.69, 9.17) is 4.74 Å². The molecule has 0 aromatic heterocycles. The standard InChI is InChI=1S/C21H25FN2O2S/c1-26-20-8-7-16(13-19(20)22)14-24-11-9-17(10-12-24)23-21(25)15-27-18-5-3-2-4-6-18/h2-8,13,17H,9-12,14-15H2,1H3,(H,23,25). The summed E-state index contributed by atoms with van der Waals surface area (Å²) in [6.45, 7) is 2.50. The van der Waals surface area contributed by atoms with E-state index in [1.54, 1.807) is 17.8 Å². The molecular formula is C21H25FN2O2S. The minimum absolute atomic E-state index is 0.0829. The molecule has 3 rings (SSSR count). The first-order valence-electron chi connectivity index (χ1n) is 9.16. The van der Waals surface area contributed by atoms with Crippen LogP contribution in [0, 0.1) is 5.82 Å². The number of hydrogen-bond acceptors (Lipinski definition) is 4. The molecule has 1 amide bonds. The van der Waals surface area contributed by atoms with E-state index in [1.807, 2.05) is 36.4 Å². The van der Waals surface area contributed by atoms with E-state index in [-0.39, 0.29) is 23.5 Å². The van der Waals surface area contributed by atoms with Crippen molar-refractivity contribution in [2.24, 2.45) is 0 Å². The smallest absolute Gasteiger partial charge is 0.230 e. The molecule has 0 radical (unpaired) electrons. The number of ether oxygens (including phenoxy) is 1. The van der Waals surface area contributed by atoms with Crippen LogP contribution < -0.4 is 10.1 Å². The molecule has 0 saturated carbocycles. The van der Waals surface area contributed by atoms with Crippen LogP contribution >= 0.6 is 11.8 Å². The first-order chi connectivity index (χ1) is 13.1. The molecule has 6 heteroatoms. The minimum Gasteiger partial charge on any atom is -0.494 e. The summed E-state index contributed by atoms with van der Waals surface area (Å²) in [5.41, 5.74) is 0.940. The number of halogens is 1. The highest BCUT2D eigenvalue weighted by Crippen LogP contribution is 2.21. The number of nitrogens with one attached hydrogen (secondary N) is 1.